The van der Waals surface area contributed by atoms with Crippen LogP contribution in [0.1, 0.15) is 19.8 Å². The Balaban J connectivity index is 1.99. The molecule has 21 heavy (non-hydrogen) atoms. The molecule has 124 valence electrons. The molecule has 2 saturated heterocycles. The van der Waals surface area contributed by atoms with Gasteiger partial charge >= 0.3 is 0 Å². The molecule has 2 rings (SSSR count). The molecule has 2 aliphatic rings. The summed E-state index contributed by atoms with van der Waals surface area (Å²) in [5, 5.41) is 3.27. The van der Waals surface area contributed by atoms with E-state index in [1.807, 2.05) is 6.92 Å². The van der Waals surface area contributed by atoms with Crippen molar-refractivity contribution < 1.29 is 16.8 Å². The van der Waals surface area contributed by atoms with Gasteiger partial charge in [-0.15, -0.1) is 0 Å². The van der Waals surface area contributed by atoms with Crippen molar-refractivity contribution in [2.75, 3.05) is 50.8 Å². The van der Waals surface area contributed by atoms with E-state index in [0.717, 1.165) is 25.9 Å². The van der Waals surface area contributed by atoms with E-state index in [0.29, 0.717) is 19.0 Å². The van der Waals surface area contributed by atoms with Crippen LogP contribution in [0.2, 0.25) is 0 Å². The molecule has 1 atom stereocenters. The number of piperidine rings is 1. The van der Waals surface area contributed by atoms with Crippen molar-refractivity contribution in [2.24, 2.45) is 5.92 Å². The third-order valence-corrected chi connectivity index (χ3v) is 7.73. The second kappa shape index (κ2) is 6.91. The molecule has 1 N–H and O–H groups in total. The van der Waals surface area contributed by atoms with Crippen LogP contribution in [0.3, 0.4) is 0 Å². The molecule has 2 aliphatic heterocycles. The molecule has 7 nitrogen and oxygen atoms in total. The average Bonchev–Trinajstić information content (AvgIpc) is 2.45. The lowest BCUT2D eigenvalue weighted by Gasteiger charge is -2.36. The van der Waals surface area contributed by atoms with Crippen LogP contribution in [0, 0.1) is 5.92 Å². The highest BCUT2D eigenvalue weighted by molar-refractivity contribution is 7.91. The fourth-order valence-electron chi connectivity index (χ4n) is 2.84. The van der Waals surface area contributed by atoms with Gasteiger partial charge in [-0.2, -0.15) is 17.0 Å². The van der Waals surface area contributed by atoms with Crippen molar-refractivity contribution in [2.45, 2.75) is 19.8 Å². The summed E-state index contributed by atoms with van der Waals surface area (Å²) in [7, 11) is -6.58. The van der Waals surface area contributed by atoms with Crippen molar-refractivity contribution in [3.05, 3.63) is 0 Å². The lowest BCUT2D eigenvalue weighted by atomic mass is 10.00. The third kappa shape index (κ3) is 4.38. The number of hydrogen-bond donors (Lipinski definition) is 1. The number of rotatable bonds is 5. The van der Waals surface area contributed by atoms with Gasteiger partial charge in [0.1, 0.15) is 0 Å². The van der Waals surface area contributed by atoms with Gasteiger partial charge in [-0.1, -0.05) is 6.92 Å². The maximum atomic E-state index is 12.6. The highest BCUT2D eigenvalue weighted by Crippen LogP contribution is 2.22. The lowest BCUT2D eigenvalue weighted by Crippen LogP contribution is -2.53. The Labute approximate surface area is 127 Å². The first-order valence-electron chi connectivity index (χ1n) is 7.51. The normalized spacial score (nSPS) is 28.5. The highest BCUT2D eigenvalue weighted by atomic mass is 32.2. The van der Waals surface area contributed by atoms with Crippen LogP contribution in [0.25, 0.3) is 0 Å². The lowest BCUT2D eigenvalue weighted by molar-refractivity contribution is 0.244. The Bertz CT molecular complexity index is 533. The zero-order chi connectivity index (χ0) is 15.5. The van der Waals surface area contributed by atoms with Crippen LogP contribution in [-0.2, 0) is 20.0 Å². The molecule has 0 radical (unpaired) electrons. The van der Waals surface area contributed by atoms with Crippen molar-refractivity contribution in [3.8, 4) is 0 Å². The fourth-order valence-corrected chi connectivity index (χ4v) is 6.00. The van der Waals surface area contributed by atoms with E-state index in [4.69, 9.17) is 0 Å². The first kappa shape index (κ1) is 17.1. The molecule has 0 aromatic heterocycles. The Morgan fingerprint density at radius 1 is 1.14 bits per heavy atom. The van der Waals surface area contributed by atoms with E-state index in [1.165, 1.54) is 8.61 Å². The van der Waals surface area contributed by atoms with Crippen LogP contribution in [0.5, 0.6) is 0 Å². The Morgan fingerprint density at radius 3 is 2.43 bits per heavy atom. The van der Waals surface area contributed by atoms with Crippen molar-refractivity contribution in [1.82, 2.24) is 13.9 Å². The van der Waals surface area contributed by atoms with Crippen LogP contribution >= 0.6 is 0 Å². The summed E-state index contributed by atoms with van der Waals surface area (Å²) in [5.74, 6) is 0.198. The SMILES string of the molecule is CCNCC1CCCN(S(=O)(=O)N2CCS(=O)(=O)CC2)C1. The van der Waals surface area contributed by atoms with E-state index < -0.39 is 20.0 Å². The Kier molecular flexibility index (Phi) is 5.64. The smallest absolute Gasteiger partial charge is 0.282 e. The summed E-state index contributed by atoms with van der Waals surface area (Å²) in [4.78, 5) is 0. The molecule has 0 saturated carbocycles. The molecule has 0 amide bonds. The molecule has 0 aromatic carbocycles. The number of sulfone groups is 1. The minimum Gasteiger partial charge on any atom is -0.317 e. The fraction of sp³-hybridized carbons (Fsp3) is 1.00. The van der Waals surface area contributed by atoms with Gasteiger partial charge in [0.25, 0.3) is 10.2 Å². The van der Waals surface area contributed by atoms with Crippen molar-refractivity contribution >= 4 is 20.0 Å². The summed E-state index contributed by atoms with van der Waals surface area (Å²) in [6, 6.07) is 0. The van der Waals surface area contributed by atoms with E-state index in [1.54, 1.807) is 0 Å². The molecule has 1 unspecified atom stereocenters. The molecule has 2 heterocycles. The van der Waals surface area contributed by atoms with Gasteiger partial charge in [-0.3, -0.25) is 0 Å². The molecule has 0 aromatic rings. The van der Waals surface area contributed by atoms with Gasteiger partial charge in [-0.05, 0) is 31.8 Å². The summed E-state index contributed by atoms with van der Waals surface area (Å²) in [6.07, 6.45) is 1.90. The van der Waals surface area contributed by atoms with E-state index in [-0.39, 0.29) is 24.6 Å². The largest absolute Gasteiger partial charge is 0.317 e. The van der Waals surface area contributed by atoms with E-state index >= 15 is 0 Å². The second-order valence-electron chi connectivity index (χ2n) is 5.73. The summed E-state index contributed by atoms with van der Waals surface area (Å²) >= 11 is 0. The summed E-state index contributed by atoms with van der Waals surface area (Å²) in [6.45, 7) is 4.97. The van der Waals surface area contributed by atoms with E-state index in [9.17, 15) is 16.8 Å². The van der Waals surface area contributed by atoms with Crippen LogP contribution in [-0.4, -0.2) is 76.2 Å². The second-order valence-corrected chi connectivity index (χ2v) is 9.96. The molecule has 0 spiro atoms. The first-order valence-corrected chi connectivity index (χ1v) is 10.7. The summed E-state index contributed by atoms with van der Waals surface area (Å²) in [5.41, 5.74) is 0. The molecule has 9 heteroatoms. The number of hydrogen-bond acceptors (Lipinski definition) is 5. The highest BCUT2D eigenvalue weighted by Gasteiger charge is 2.36. The number of nitrogens with one attached hydrogen (secondary N) is 1. The predicted octanol–water partition coefficient (Wildman–Crippen LogP) is -0.717. The topological polar surface area (TPSA) is 86.8 Å². The van der Waals surface area contributed by atoms with Crippen molar-refractivity contribution in [1.29, 1.82) is 0 Å². The maximum absolute atomic E-state index is 12.6. The molecule has 2 fully saturated rings. The van der Waals surface area contributed by atoms with Gasteiger partial charge in [-0.25, -0.2) is 8.42 Å². The van der Waals surface area contributed by atoms with Crippen LogP contribution in [0.4, 0.5) is 0 Å². The van der Waals surface area contributed by atoms with Crippen LogP contribution in [0.15, 0.2) is 0 Å². The standard InChI is InChI=1S/C12H25N3O4S2/c1-2-13-10-12-4-3-5-15(11-12)21(18,19)14-6-8-20(16,17)9-7-14/h12-13H,2-11H2,1H3. The average molecular weight is 339 g/mol. The predicted molar refractivity (Wildman–Crippen MR) is 82.0 cm³/mol. The quantitative estimate of drug-likeness (QED) is 0.714. The minimum atomic E-state index is -3.52. The molecule has 0 bridgehead atoms. The van der Waals surface area contributed by atoms with E-state index in [2.05, 4.69) is 5.32 Å². The maximum Gasteiger partial charge on any atom is 0.282 e. The summed E-state index contributed by atoms with van der Waals surface area (Å²) < 4.78 is 50.9. The van der Waals surface area contributed by atoms with Crippen molar-refractivity contribution in [3.63, 3.8) is 0 Å². The van der Waals surface area contributed by atoms with Crippen LogP contribution < -0.4 is 5.32 Å². The first-order chi connectivity index (χ1) is 9.85. The minimum absolute atomic E-state index is 0.0686. The van der Waals surface area contributed by atoms with Gasteiger partial charge in [0.2, 0.25) is 0 Å². The monoisotopic (exact) mass is 339 g/mol. The van der Waals surface area contributed by atoms with Gasteiger partial charge in [0.15, 0.2) is 9.84 Å². The molecule has 0 aliphatic carbocycles. The third-order valence-electron chi connectivity index (χ3n) is 4.12. The zero-order valence-electron chi connectivity index (χ0n) is 12.5. The van der Waals surface area contributed by atoms with Gasteiger partial charge in [0, 0.05) is 26.2 Å². The molecular formula is C12H25N3O4S2. The zero-order valence-corrected chi connectivity index (χ0v) is 14.1. The Morgan fingerprint density at radius 2 is 1.81 bits per heavy atom. The van der Waals surface area contributed by atoms with Gasteiger partial charge in [0.05, 0.1) is 11.5 Å². The molecular weight excluding hydrogens is 314 g/mol. The Hall–Kier alpha value is -0.220. The number of nitrogens with zero attached hydrogens (tertiary/aromatic N) is 2. The van der Waals surface area contributed by atoms with Gasteiger partial charge < -0.3 is 5.32 Å².